The first kappa shape index (κ1) is 29.4. The van der Waals surface area contributed by atoms with Crippen LogP contribution in [-0.4, -0.2) is 53.9 Å². The second kappa shape index (κ2) is 14.1. The van der Waals surface area contributed by atoms with Crippen LogP contribution in [0.4, 0.5) is 8.78 Å². The molecule has 1 aliphatic carbocycles. The van der Waals surface area contributed by atoms with Crippen LogP contribution in [0.15, 0.2) is 46.4 Å². The fraction of sp³-hybridized carbons (Fsp3) is 0.690. The molecule has 7 heteroatoms. The molecular formula is C29H43Cl2F2N3. The highest BCUT2D eigenvalue weighted by atomic mass is 35.5. The average Bonchev–Trinajstić information content (AvgIpc) is 3.19. The largest absolute Gasteiger partial charge is 0.374 e. The van der Waals surface area contributed by atoms with Crippen molar-refractivity contribution in [1.29, 1.82) is 5.41 Å². The minimum atomic E-state index is -1.18. The van der Waals surface area contributed by atoms with Gasteiger partial charge in [0, 0.05) is 36.7 Å². The van der Waals surface area contributed by atoms with Gasteiger partial charge in [-0.2, -0.15) is 0 Å². The zero-order chi connectivity index (χ0) is 26.1. The molecule has 1 spiro atoms. The first-order valence-electron chi connectivity index (χ1n) is 13.7. The Morgan fingerprint density at radius 3 is 2.64 bits per heavy atom. The Morgan fingerprint density at radius 1 is 1.25 bits per heavy atom. The number of piperidine rings is 1. The van der Waals surface area contributed by atoms with E-state index in [0.717, 1.165) is 75.9 Å². The summed E-state index contributed by atoms with van der Waals surface area (Å²) in [6.07, 6.45) is 14.8. The number of likely N-dealkylation sites (tertiary alicyclic amines) is 2. The van der Waals surface area contributed by atoms with Crippen molar-refractivity contribution >= 4 is 28.4 Å². The molecular weight excluding hydrogens is 499 g/mol. The van der Waals surface area contributed by atoms with Gasteiger partial charge < -0.3 is 9.80 Å². The fourth-order valence-electron chi connectivity index (χ4n) is 5.75. The highest BCUT2D eigenvalue weighted by molar-refractivity contribution is 6.64. The third-order valence-corrected chi connectivity index (χ3v) is 8.77. The van der Waals surface area contributed by atoms with Crippen molar-refractivity contribution < 1.29 is 8.78 Å². The first-order chi connectivity index (χ1) is 17.2. The molecule has 3 aliphatic rings. The smallest absolute Gasteiger partial charge is 0.125 e. The quantitative estimate of drug-likeness (QED) is 0.251. The molecule has 2 aliphatic heterocycles. The molecule has 2 heterocycles. The van der Waals surface area contributed by atoms with Gasteiger partial charge in [-0.1, -0.05) is 49.5 Å². The Hall–Kier alpha value is -1.17. The van der Waals surface area contributed by atoms with Crippen molar-refractivity contribution in [3.63, 3.8) is 0 Å². The van der Waals surface area contributed by atoms with Crippen molar-refractivity contribution in [2.24, 2.45) is 11.3 Å². The summed E-state index contributed by atoms with van der Waals surface area (Å²) in [6, 6.07) is 0. The molecule has 0 aromatic rings. The van der Waals surface area contributed by atoms with Gasteiger partial charge in [0.2, 0.25) is 0 Å². The normalized spacial score (nSPS) is 24.8. The van der Waals surface area contributed by atoms with Crippen LogP contribution in [-0.2, 0) is 0 Å². The van der Waals surface area contributed by atoms with Gasteiger partial charge in [-0.15, -0.1) is 0 Å². The Labute approximate surface area is 226 Å². The lowest BCUT2D eigenvalue weighted by Gasteiger charge is -2.39. The number of alkyl halides is 1. The zero-order valence-electron chi connectivity index (χ0n) is 22.0. The molecule has 0 bridgehead atoms. The van der Waals surface area contributed by atoms with Crippen molar-refractivity contribution in [1.82, 2.24) is 9.80 Å². The van der Waals surface area contributed by atoms with Gasteiger partial charge in [0.25, 0.3) is 0 Å². The summed E-state index contributed by atoms with van der Waals surface area (Å²) in [4.78, 5) is 5.06. The maximum absolute atomic E-state index is 14.2. The highest BCUT2D eigenvalue weighted by Gasteiger charge is 2.42. The minimum absolute atomic E-state index is 0.229. The Balaban J connectivity index is 1.52. The number of halogens is 4. The number of nitrogens with one attached hydrogen (secondary N) is 1. The molecule has 3 nitrogen and oxygen atoms in total. The van der Waals surface area contributed by atoms with Crippen molar-refractivity contribution in [3.8, 4) is 0 Å². The summed E-state index contributed by atoms with van der Waals surface area (Å²) in [5.41, 5.74) is 2.35. The van der Waals surface area contributed by atoms with Gasteiger partial charge >= 0.3 is 0 Å². The van der Waals surface area contributed by atoms with Gasteiger partial charge in [-0.3, -0.25) is 5.41 Å². The van der Waals surface area contributed by atoms with Crippen LogP contribution in [0.2, 0.25) is 0 Å². The predicted octanol–water partition coefficient (Wildman–Crippen LogP) is 8.52. The topological polar surface area (TPSA) is 30.3 Å². The van der Waals surface area contributed by atoms with Crippen molar-refractivity contribution in [2.75, 3.05) is 32.7 Å². The molecule has 0 aromatic carbocycles. The van der Waals surface area contributed by atoms with Crippen LogP contribution in [0.5, 0.6) is 0 Å². The molecule has 0 saturated carbocycles. The Kier molecular flexibility index (Phi) is 11.5. The monoisotopic (exact) mass is 541 g/mol. The lowest BCUT2D eigenvalue weighted by atomic mass is 9.77. The predicted molar refractivity (Wildman–Crippen MR) is 149 cm³/mol. The van der Waals surface area contributed by atoms with Gasteiger partial charge in [-0.25, -0.2) is 8.78 Å². The van der Waals surface area contributed by atoms with Crippen LogP contribution >= 0.6 is 23.2 Å². The summed E-state index contributed by atoms with van der Waals surface area (Å²) in [6.45, 7) is 9.45. The Bertz CT molecular complexity index is 872. The van der Waals surface area contributed by atoms with Gasteiger partial charge in [0.15, 0.2) is 0 Å². The Morgan fingerprint density at radius 2 is 2.00 bits per heavy atom. The number of allylic oxidation sites excluding steroid dienone is 8. The van der Waals surface area contributed by atoms with E-state index in [1.54, 1.807) is 6.08 Å². The number of nitrogens with zero attached hydrogens (tertiary/aromatic N) is 2. The van der Waals surface area contributed by atoms with E-state index in [2.05, 4.69) is 29.7 Å². The highest BCUT2D eigenvalue weighted by Crippen LogP contribution is 2.45. The van der Waals surface area contributed by atoms with E-state index >= 15 is 0 Å². The van der Waals surface area contributed by atoms with Crippen LogP contribution in [0.3, 0.4) is 0 Å². The summed E-state index contributed by atoms with van der Waals surface area (Å²) >= 11 is 12.1. The summed E-state index contributed by atoms with van der Waals surface area (Å²) in [5.74, 6) is 0.0643. The maximum Gasteiger partial charge on any atom is 0.125 e. The van der Waals surface area contributed by atoms with E-state index in [1.165, 1.54) is 18.5 Å². The molecule has 36 heavy (non-hydrogen) atoms. The van der Waals surface area contributed by atoms with E-state index < -0.39 is 6.17 Å². The fourth-order valence-corrected chi connectivity index (χ4v) is 5.95. The molecule has 2 atom stereocenters. The average molecular weight is 543 g/mol. The molecule has 3 rings (SSSR count). The molecule has 0 aromatic heterocycles. The standard InChI is InChI=1S/C29H43Cl2F2N3/c1-3-22(18-23-7-9-25(32)19-27(23)33)11-15-35-16-12-29(13-17-35)20-26(10-8-24(30)4-2)36(21-29)14-5-6-28(31)34/h7-8,10,19,22,25,34H,3-6,9,11-18,20-21H2,1-2H3. The molecule has 2 saturated heterocycles. The second-order valence-electron chi connectivity index (χ2n) is 10.8. The van der Waals surface area contributed by atoms with Crippen LogP contribution < -0.4 is 0 Å². The minimum Gasteiger partial charge on any atom is -0.374 e. The van der Waals surface area contributed by atoms with E-state index in [4.69, 9.17) is 28.6 Å². The molecule has 2 fully saturated rings. The molecule has 1 N–H and O–H groups in total. The zero-order valence-corrected chi connectivity index (χ0v) is 23.5. The van der Waals surface area contributed by atoms with Gasteiger partial charge in [0.1, 0.15) is 12.0 Å². The first-order valence-corrected chi connectivity index (χ1v) is 14.5. The SMILES string of the molecule is CCC(Cl)=CC=C1CC2(CCN(CCC(CC)CC3=CCC(F)C=C3F)CC2)CN1CCCC(=N)Cl. The lowest BCUT2D eigenvalue weighted by Crippen LogP contribution is -2.42. The summed E-state index contributed by atoms with van der Waals surface area (Å²) in [5, 5.41) is 8.63. The molecule has 2 unspecified atom stereocenters. The van der Waals surface area contributed by atoms with Crippen LogP contribution in [0.25, 0.3) is 0 Å². The van der Waals surface area contributed by atoms with Crippen LogP contribution in [0.1, 0.15) is 78.1 Å². The van der Waals surface area contributed by atoms with Gasteiger partial charge in [-0.05, 0) is 99.7 Å². The third kappa shape index (κ3) is 8.70. The summed E-state index contributed by atoms with van der Waals surface area (Å²) in [7, 11) is 0. The van der Waals surface area contributed by atoms with E-state index in [-0.39, 0.29) is 11.0 Å². The van der Waals surface area contributed by atoms with Crippen LogP contribution in [0, 0.1) is 16.7 Å². The van der Waals surface area contributed by atoms with Gasteiger partial charge in [0.05, 0.1) is 5.17 Å². The van der Waals surface area contributed by atoms with Crippen molar-refractivity contribution in [3.05, 3.63) is 46.4 Å². The number of hydrogen-bond donors (Lipinski definition) is 1. The molecule has 202 valence electrons. The number of rotatable bonds is 12. The van der Waals surface area contributed by atoms with E-state index in [0.29, 0.717) is 36.2 Å². The summed E-state index contributed by atoms with van der Waals surface area (Å²) < 4.78 is 27.5. The molecule has 0 amide bonds. The van der Waals surface area contributed by atoms with E-state index in [9.17, 15) is 8.78 Å². The van der Waals surface area contributed by atoms with E-state index in [1.807, 2.05) is 6.08 Å². The molecule has 0 radical (unpaired) electrons. The second-order valence-corrected chi connectivity index (χ2v) is 11.8. The third-order valence-electron chi connectivity index (χ3n) is 8.19. The number of hydrogen-bond acceptors (Lipinski definition) is 3. The van der Waals surface area contributed by atoms with Crippen molar-refractivity contribution in [2.45, 2.75) is 84.2 Å². The maximum atomic E-state index is 14.2. The lowest BCUT2D eigenvalue weighted by molar-refractivity contribution is 0.103.